The van der Waals surface area contributed by atoms with Crippen molar-refractivity contribution in [1.82, 2.24) is 14.0 Å². The monoisotopic (exact) mass is 652 g/mol. The number of fused-ring (bicyclic) bond motifs is 5. The first-order chi connectivity index (χ1) is 25.3. The molecule has 3 aromatic heterocycles. The van der Waals surface area contributed by atoms with Crippen LogP contribution in [0.4, 0.5) is 17.1 Å². The van der Waals surface area contributed by atoms with Gasteiger partial charge in [-0.15, -0.1) is 0 Å². The van der Waals surface area contributed by atoms with Gasteiger partial charge in [-0.1, -0.05) is 109 Å². The number of para-hydroxylation sites is 2. The summed E-state index contributed by atoms with van der Waals surface area (Å²) in [6.07, 6.45) is 4.12. The van der Waals surface area contributed by atoms with Gasteiger partial charge < -0.3 is 13.9 Å². The molecule has 0 bridgehead atoms. The summed E-state index contributed by atoms with van der Waals surface area (Å²) in [5.74, 6) is 0. The molecule has 4 nitrogen and oxygen atoms in total. The first kappa shape index (κ1) is 29.0. The van der Waals surface area contributed by atoms with Crippen molar-refractivity contribution in [1.29, 1.82) is 0 Å². The van der Waals surface area contributed by atoms with E-state index in [4.69, 9.17) is 4.98 Å². The fourth-order valence-corrected chi connectivity index (χ4v) is 7.52. The lowest BCUT2D eigenvalue weighted by Gasteiger charge is -2.26. The van der Waals surface area contributed by atoms with Crippen LogP contribution in [0.2, 0.25) is 0 Å². The molecule has 0 amide bonds. The number of pyridine rings is 1. The maximum atomic E-state index is 4.84. The van der Waals surface area contributed by atoms with E-state index in [9.17, 15) is 0 Å². The Kier molecular flexibility index (Phi) is 6.78. The average molecular weight is 653 g/mol. The highest BCUT2D eigenvalue weighted by Gasteiger charge is 2.18. The molecule has 51 heavy (non-hydrogen) atoms. The molecule has 0 saturated heterocycles. The minimum atomic E-state index is 0.940. The number of hydrogen-bond acceptors (Lipinski definition) is 2. The molecule has 0 N–H and O–H groups in total. The first-order valence-electron chi connectivity index (χ1n) is 17.3. The van der Waals surface area contributed by atoms with Crippen LogP contribution in [0.3, 0.4) is 0 Å². The SMILES string of the molecule is c1ccc(N(c2ccc(-c3cn4ccccc4n3)cc2)c2ccc3c(c2)c2ccccc2n3-c2ccc(-c3cccc4ccccc34)cc2)cc1. The Hall–Kier alpha value is -6.91. The maximum Gasteiger partial charge on any atom is 0.137 e. The quantitative estimate of drug-likeness (QED) is 0.179. The van der Waals surface area contributed by atoms with Crippen molar-refractivity contribution in [2.45, 2.75) is 0 Å². The third-order valence-electron chi connectivity index (χ3n) is 9.94. The van der Waals surface area contributed by atoms with E-state index in [1.165, 1.54) is 43.7 Å². The lowest BCUT2D eigenvalue weighted by Crippen LogP contribution is -2.09. The number of anilines is 3. The zero-order valence-electron chi connectivity index (χ0n) is 27.8. The van der Waals surface area contributed by atoms with E-state index < -0.39 is 0 Å². The van der Waals surface area contributed by atoms with Crippen LogP contribution < -0.4 is 4.90 Å². The molecule has 7 aromatic carbocycles. The maximum absolute atomic E-state index is 4.84. The molecule has 0 aliphatic carbocycles. The largest absolute Gasteiger partial charge is 0.310 e. The van der Waals surface area contributed by atoms with Crippen molar-refractivity contribution in [3.05, 3.63) is 194 Å². The Balaban J connectivity index is 1.07. The number of aromatic nitrogens is 3. The minimum absolute atomic E-state index is 0.940. The lowest BCUT2D eigenvalue weighted by atomic mass is 9.98. The van der Waals surface area contributed by atoms with Crippen LogP contribution in [0.15, 0.2) is 194 Å². The number of benzene rings is 7. The van der Waals surface area contributed by atoms with Crippen molar-refractivity contribution in [2.75, 3.05) is 4.90 Å². The molecular formula is C47H32N4. The highest BCUT2D eigenvalue weighted by atomic mass is 15.1. The van der Waals surface area contributed by atoms with Crippen LogP contribution in [-0.4, -0.2) is 14.0 Å². The summed E-state index contributed by atoms with van der Waals surface area (Å²) in [7, 11) is 0. The third kappa shape index (κ3) is 4.96. The summed E-state index contributed by atoms with van der Waals surface area (Å²) in [6.45, 7) is 0. The second kappa shape index (κ2) is 11.9. The van der Waals surface area contributed by atoms with Gasteiger partial charge in [-0.05, 0) is 94.7 Å². The predicted molar refractivity (Wildman–Crippen MR) is 213 cm³/mol. The molecular weight excluding hydrogens is 621 g/mol. The Morgan fingerprint density at radius 3 is 1.96 bits per heavy atom. The van der Waals surface area contributed by atoms with Gasteiger partial charge in [-0.3, -0.25) is 0 Å². The van der Waals surface area contributed by atoms with Crippen LogP contribution in [-0.2, 0) is 0 Å². The Morgan fingerprint density at radius 1 is 0.451 bits per heavy atom. The van der Waals surface area contributed by atoms with E-state index >= 15 is 0 Å². The molecule has 10 rings (SSSR count). The van der Waals surface area contributed by atoms with Gasteiger partial charge in [0, 0.05) is 51.5 Å². The van der Waals surface area contributed by atoms with Gasteiger partial charge >= 0.3 is 0 Å². The van der Waals surface area contributed by atoms with Crippen molar-refractivity contribution in [3.63, 3.8) is 0 Å². The summed E-state index contributed by atoms with van der Waals surface area (Å²) < 4.78 is 4.45. The summed E-state index contributed by atoms with van der Waals surface area (Å²) in [5.41, 5.74) is 12.2. The minimum Gasteiger partial charge on any atom is -0.310 e. The molecule has 240 valence electrons. The molecule has 0 aliphatic rings. The van der Waals surface area contributed by atoms with Crippen LogP contribution in [0.5, 0.6) is 0 Å². The average Bonchev–Trinajstić information content (AvgIpc) is 3.78. The van der Waals surface area contributed by atoms with Crippen molar-refractivity contribution in [3.8, 4) is 28.1 Å². The molecule has 0 aliphatic heterocycles. The third-order valence-corrected chi connectivity index (χ3v) is 9.94. The molecule has 0 radical (unpaired) electrons. The summed E-state index contributed by atoms with van der Waals surface area (Å²) >= 11 is 0. The molecule has 0 saturated carbocycles. The number of nitrogens with zero attached hydrogens (tertiary/aromatic N) is 4. The standard InChI is InChI=1S/C47H32N4/c1-2-13-36(14-3-1)50(37-26-22-35(23-27-37)44-32-49-30-9-8-19-47(49)48-44)39-28-29-46-43(31-39)42-16-6-7-18-45(42)51(46)38-24-20-34(21-25-38)41-17-10-12-33-11-4-5-15-40(33)41/h1-32H. The second-order valence-electron chi connectivity index (χ2n) is 12.9. The van der Waals surface area contributed by atoms with Crippen LogP contribution in [0, 0.1) is 0 Å². The molecule has 4 heteroatoms. The summed E-state index contributed by atoms with van der Waals surface area (Å²) in [5, 5.41) is 4.96. The summed E-state index contributed by atoms with van der Waals surface area (Å²) in [6, 6.07) is 65.1. The Labute approximate surface area is 295 Å². The van der Waals surface area contributed by atoms with Crippen LogP contribution >= 0.6 is 0 Å². The molecule has 0 atom stereocenters. The van der Waals surface area contributed by atoms with Gasteiger partial charge in [0.15, 0.2) is 0 Å². The summed E-state index contributed by atoms with van der Waals surface area (Å²) in [4.78, 5) is 7.17. The highest BCUT2D eigenvalue weighted by Crippen LogP contribution is 2.40. The lowest BCUT2D eigenvalue weighted by molar-refractivity contribution is 1.18. The normalized spacial score (nSPS) is 11.5. The van der Waals surface area contributed by atoms with E-state index in [1.807, 2.05) is 24.4 Å². The van der Waals surface area contributed by atoms with Crippen molar-refractivity contribution in [2.24, 2.45) is 0 Å². The molecule has 0 spiro atoms. The van der Waals surface area contributed by atoms with Crippen molar-refractivity contribution < 1.29 is 0 Å². The fraction of sp³-hybridized carbons (Fsp3) is 0. The smallest absolute Gasteiger partial charge is 0.137 e. The molecule has 0 unspecified atom stereocenters. The van der Waals surface area contributed by atoms with Crippen LogP contribution in [0.1, 0.15) is 0 Å². The van der Waals surface area contributed by atoms with Crippen LogP contribution in [0.25, 0.3) is 66.3 Å². The topological polar surface area (TPSA) is 25.5 Å². The van der Waals surface area contributed by atoms with E-state index in [0.717, 1.165) is 39.7 Å². The van der Waals surface area contributed by atoms with Gasteiger partial charge in [0.05, 0.1) is 16.7 Å². The zero-order valence-corrected chi connectivity index (χ0v) is 27.8. The van der Waals surface area contributed by atoms with Gasteiger partial charge in [0.2, 0.25) is 0 Å². The van der Waals surface area contributed by atoms with Gasteiger partial charge in [-0.25, -0.2) is 4.98 Å². The zero-order chi connectivity index (χ0) is 33.7. The van der Waals surface area contributed by atoms with E-state index in [2.05, 4.69) is 184 Å². The second-order valence-corrected chi connectivity index (χ2v) is 12.9. The highest BCUT2D eigenvalue weighted by molar-refractivity contribution is 6.10. The Morgan fingerprint density at radius 2 is 1.12 bits per heavy atom. The fourth-order valence-electron chi connectivity index (χ4n) is 7.52. The van der Waals surface area contributed by atoms with Gasteiger partial charge in [-0.2, -0.15) is 0 Å². The van der Waals surface area contributed by atoms with Gasteiger partial charge in [0.1, 0.15) is 5.65 Å². The van der Waals surface area contributed by atoms with Crippen molar-refractivity contribution >= 4 is 55.3 Å². The predicted octanol–water partition coefficient (Wildman–Crippen LogP) is 12.4. The number of rotatable bonds is 6. The van der Waals surface area contributed by atoms with E-state index in [0.29, 0.717) is 0 Å². The van der Waals surface area contributed by atoms with E-state index in [-0.39, 0.29) is 0 Å². The number of hydrogen-bond donors (Lipinski definition) is 0. The molecule has 10 aromatic rings. The van der Waals surface area contributed by atoms with E-state index in [1.54, 1.807) is 0 Å². The molecule has 0 fully saturated rings. The first-order valence-corrected chi connectivity index (χ1v) is 17.3. The molecule has 3 heterocycles. The Bertz CT molecular complexity index is 2810. The number of imidazole rings is 1. The van der Waals surface area contributed by atoms with Gasteiger partial charge in [0.25, 0.3) is 0 Å².